The van der Waals surface area contributed by atoms with Gasteiger partial charge >= 0.3 is 12.2 Å². The molecule has 1 aliphatic rings. The van der Waals surface area contributed by atoms with E-state index in [2.05, 4.69) is 20.9 Å². The number of urea groups is 1. The second-order valence-corrected chi connectivity index (χ2v) is 7.34. The quantitative estimate of drug-likeness (QED) is 0.677. The Hall–Kier alpha value is -3.10. The first kappa shape index (κ1) is 21.6. The van der Waals surface area contributed by atoms with Gasteiger partial charge in [-0.25, -0.2) is 4.79 Å². The van der Waals surface area contributed by atoms with Gasteiger partial charge in [0.1, 0.15) is 5.54 Å². The summed E-state index contributed by atoms with van der Waals surface area (Å²) in [6, 6.07) is 7.13. The van der Waals surface area contributed by atoms with Gasteiger partial charge in [-0.2, -0.15) is 13.2 Å². The van der Waals surface area contributed by atoms with Gasteiger partial charge < -0.3 is 16.0 Å². The van der Waals surface area contributed by atoms with E-state index in [4.69, 9.17) is 0 Å². The second-order valence-electron chi connectivity index (χ2n) is 7.34. The number of anilines is 1. The first-order valence-corrected chi connectivity index (χ1v) is 9.72. The molecule has 3 N–H and O–H groups in total. The third-order valence-electron chi connectivity index (χ3n) is 5.14. The Kier molecular flexibility index (Phi) is 6.59. The van der Waals surface area contributed by atoms with Crippen LogP contribution in [0.2, 0.25) is 0 Å². The average molecular weight is 420 g/mol. The number of alkyl halides is 3. The number of hydrogen-bond acceptors (Lipinski definition) is 3. The van der Waals surface area contributed by atoms with Gasteiger partial charge in [0.15, 0.2) is 0 Å². The predicted octanol–water partition coefficient (Wildman–Crippen LogP) is 4.24. The highest BCUT2D eigenvalue weighted by Crippen LogP contribution is 2.31. The molecule has 2 aromatic rings. The number of carbonyl (C=O) groups is 2. The third kappa shape index (κ3) is 5.49. The van der Waals surface area contributed by atoms with E-state index < -0.39 is 23.3 Å². The summed E-state index contributed by atoms with van der Waals surface area (Å²) < 4.78 is 38.0. The van der Waals surface area contributed by atoms with Crippen molar-refractivity contribution in [2.75, 3.05) is 5.32 Å². The number of benzene rings is 1. The number of aromatic nitrogens is 1. The fourth-order valence-corrected chi connectivity index (χ4v) is 3.54. The van der Waals surface area contributed by atoms with Gasteiger partial charge in [0.2, 0.25) is 5.91 Å². The lowest BCUT2D eigenvalue weighted by Crippen LogP contribution is -2.60. The molecule has 160 valence electrons. The van der Waals surface area contributed by atoms with Crippen LogP contribution in [0, 0.1) is 0 Å². The molecule has 1 aromatic carbocycles. The van der Waals surface area contributed by atoms with E-state index in [0.29, 0.717) is 12.8 Å². The largest absolute Gasteiger partial charge is 0.416 e. The second kappa shape index (κ2) is 9.15. The Balaban J connectivity index is 1.64. The third-order valence-corrected chi connectivity index (χ3v) is 5.14. The Morgan fingerprint density at radius 2 is 1.73 bits per heavy atom. The summed E-state index contributed by atoms with van der Waals surface area (Å²) in [5.41, 5.74) is -0.809. The highest BCUT2D eigenvalue weighted by atomic mass is 19.4. The summed E-state index contributed by atoms with van der Waals surface area (Å²) in [4.78, 5) is 29.5. The number of amides is 3. The molecule has 1 fully saturated rings. The van der Waals surface area contributed by atoms with Crippen molar-refractivity contribution in [3.8, 4) is 0 Å². The normalized spacial score (nSPS) is 15.8. The summed E-state index contributed by atoms with van der Waals surface area (Å²) in [6.45, 7) is 0.288. The molecule has 3 amide bonds. The average Bonchev–Trinajstić information content (AvgIpc) is 2.73. The summed E-state index contributed by atoms with van der Waals surface area (Å²) in [6.07, 6.45) is 2.39. The highest BCUT2D eigenvalue weighted by molar-refractivity contribution is 5.96. The molecule has 0 atom stereocenters. The molecule has 1 aliphatic carbocycles. The predicted molar refractivity (Wildman–Crippen MR) is 105 cm³/mol. The zero-order valence-electron chi connectivity index (χ0n) is 16.3. The lowest BCUT2D eigenvalue weighted by Gasteiger charge is -2.36. The van der Waals surface area contributed by atoms with Crippen LogP contribution in [0.5, 0.6) is 0 Å². The molecule has 0 unspecified atom stereocenters. The van der Waals surface area contributed by atoms with E-state index >= 15 is 0 Å². The Bertz CT molecular complexity index is 864. The van der Waals surface area contributed by atoms with Crippen molar-refractivity contribution in [1.29, 1.82) is 0 Å². The molecule has 0 bridgehead atoms. The van der Waals surface area contributed by atoms with Crippen molar-refractivity contribution in [2.24, 2.45) is 0 Å². The summed E-state index contributed by atoms with van der Waals surface area (Å²) in [5, 5.41) is 8.13. The molecule has 30 heavy (non-hydrogen) atoms. The minimum atomic E-state index is -4.45. The van der Waals surface area contributed by atoms with Crippen LogP contribution in [0.1, 0.15) is 43.2 Å². The molecule has 1 heterocycles. The molecule has 0 saturated heterocycles. The topological polar surface area (TPSA) is 83.1 Å². The van der Waals surface area contributed by atoms with E-state index in [1.165, 1.54) is 12.1 Å². The zero-order chi connectivity index (χ0) is 21.6. The molecule has 1 aromatic heterocycles. The van der Waals surface area contributed by atoms with E-state index in [0.717, 1.165) is 37.0 Å². The molecule has 9 heteroatoms. The van der Waals surface area contributed by atoms with E-state index in [1.54, 1.807) is 18.5 Å². The molecular weight excluding hydrogens is 397 g/mol. The highest BCUT2D eigenvalue weighted by Gasteiger charge is 2.40. The van der Waals surface area contributed by atoms with Crippen molar-refractivity contribution in [1.82, 2.24) is 15.6 Å². The lowest BCUT2D eigenvalue weighted by molar-refractivity contribution is -0.137. The maximum Gasteiger partial charge on any atom is 0.416 e. The number of pyridine rings is 1. The van der Waals surface area contributed by atoms with Gasteiger partial charge in [-0.3, -0.25) is 9.78 Å². The van der Waals surface area contributed by atoms with E-state index in [1.807, 2.05) is 6.07 Å². The van der Waals surface area contributed by atoms with Crippen molar-refractivity contribution in [3.63, 3.8) is 0 Å². The van der Waals surface area contributed by atoms with Crippen LogP contribution in [0.15, 0.2) is 48.8 Å². The molecule has 0 spiro atoms. The first-order valence-electron chi connectivity index (χ1n) is 9.72. The van der Waals surface area contributed by atoms with Crippen molar-refractivity contribution >= 4 is 17.6 Å². The zero-order valence-corrected chi connectivity index (χ0v) is 16.3. The lowest BCUT2D eigenvalue weighted by atomic mass is 9.81. The SMILES string of the molecule is O=C(Nc1ccc(C(F)(F)F)cc1)NC1(C(=O)NCc2cccnc2)CCCCC1. The van der Waals surface area contributed by atoms with Crippen molar-refractivity contribution in [2.45, 2.75) is 50.4 Å². The van der Waals surface area contributed by atoms with Crippen molar-refractivity contribution < 1.29 is 22.8 Å². The standard InChI is InChI=1S/C21H23F3N4O2/c22-21(23,24)16-6-8-17(9-7-16)27-19(30)28-20(10-2-1-3-11-20)18(29)26-14-15-5-4-12-25-13-15/h4-9,12-13H,1-3,10-11,14H2,(H,26,29)(H2,27,28,30). The molecule has 3 rings (SSSR count). The fraction of sp³-hybridized carbons (Fsp3) is 0.381. The van der Waals surface area contributed by atoms with Gasteiger partial charge in [0.05, 0.1) is 5.56 Å². The number of halogens is 3. The molecule has 0 radical (unpaired) electrons. The van der Waals surface area contributed by atoms with Crippen LogP contribution in [0.25, 0.3) is 0 Å². The molecule has 6 nitrogen and oxygen atoms in total. The van der Waals surface area contributed by atoms with Gasteiger partial charge in [-0.1, -0.05) is 25.3 Å². The number of nitrogens with zero attached hydrogens (tertiary/aromatic N) is 1. The van der Waals surface area contributed by atoms with Crippen LogP contribution >= 0.6 is 0 Å². The van der Waals surface area contributed by atoms with Crippen LogP contribution in [0.4, 0.5) is 23.7 Å². The van der Waals surface area contributed by atoms with Crippen molar-refractivity contribution in [3.05, 3.63) is 59.9 Å². The summed E-state index contributed by atoms with van der Waals surface area (Å²) in [7, 11) is 0. The van der Waals surface area contributed by atoms with Gasteiger partial charge in [-0.15, -0.1) is 0 Å². The van der Waals surface area contributed by atoms with E-state index in [-0.39, 0.29) is 18.1 Å². The summed E-state index contributed by atoms with van der Waals surface area (Å²) >= 11 is 0. The van der Waals surface area contributed by atoms with Crippen LogP contribution < -0.4 is 16.0 Å². The minimum Gasteiger partial charge on any atom is -0.350 e. The van der Waals surface area contributed by atoms with Gasteiger partial charge in [-0.05, 0) is 48.7 Å². The number of nitrogens with one attached hydrogen (secondary N) is 3. The monoisotopic (exact) mass is 420 g/mol. The molecular formula is C21H23F3N4O2. The molecule has 0 aliphatic heterocycles. The number of hydrogen-bond donors (Lipinski definition) is 3. The van der Waals surface area contributed by atoms with Crippen LogP contribution in [-0.2, 0) is 17.5 Å². The Morgan fingerprint density at radius 1 is 1.03 bits per heavy atom. The van der Waals surface area contributed by atoms with Crippen LogP contribution in [0.3, 0.4) is 0 Å². The van der Waals surface area contributed by atoms with Crippen LogP contribution in [-0.4, -0.2) is 22.5 Å². The summed E-state index contributed by atoms with van der Waals surface area (Å²) in [5.74, 6) is -0.284. The smallest absolute Gasteiger partial charge is 0.350 e. The molecule has 1 saturated carbocycles. The maximum absolute atomic E-state index is 12.9. The Labute approximate surface area is 172 Å². The Morgan fingerprint density at radius 3 is 2.33 bits per heavy atom. The fourth-order valence-electron chi connectivity index (χ4n) is 3.54. The minimum absolute atomic E-state index is 0.210. The van der Waals surface area contributed by atoms with Gasteiger partial charge in [0.25, 0.3) is 0 Å². The number of rotatable bonds is 5. The first-order chi connectivity index (χ1) is 14.3. The number of carbonyl (C=O) groups excluding carboxylic acids is 2. The maximum atomic E-state index is 12.9. The van der Waals surface area contributed by atoms with Gasteiger partial charge in [0, 0.05) is 24.6 Å². The van der Waals surface area contributed by atoms with E-state index in [9.17, 15) is 22.8 Å².